The van der Waals surface area contributed by atoms with Gasteiger partial charge in [-0.1, -0.05) is 38.1 Å². The first-order valence-electron chi connectivity index (χ1n) is 10.2. The number of amides is 1. The minimum Gasteiger partial charge on any atom is -0.353 e. The van der Waals surface area contributed by atoms with E-state index < -0.39 is 0 Å². The molecule has 0 atom stereocenters. The number of carbonyl (C=O) groups is 1. The van der Waals surface area contributed by atoms with E-state index >= 15 is 0 Å². The molecule has 1 amide bonds. The van der Waals surface area contributed by atoms with Crippen molar-refractivity contribution in [1.29, 1.82) is 0 Å². The Hall–Kier alpha value is -1.76. The number of benzene rings is 1. The number of carbonyl (C=O) groups excluding carboxylic acids is 1. The number of hydrogen-bond donors (Lipinski definition) is 1. The van der Waals surface area contributed by atoms with Crippen LogP contribution in [0.3, 0.4) is 0 Å². The molecule has 1 fully saturated rings. The summed E-state index contributed by atoms with van der Waals surface area (Å²) in [4.78, 5) is 22.5. The van der Waals surface area contributed by atoms with Gasteiger partial charge >= 0.3 is 0 Å². The van der Waals surface area contributed by atoms with E-state index in [0.717, 1.165) is 37.7 Å². The summed E-state index contributed by atoms with van der Waals surface area (Å²) in [6, 6.07) is 8.97. The molecule has 1 aromatic heterocycles. The predicted molar refractivity (Wildman–Crippen MR) is 117 cm³/mol. The van der Waals surface area contributed by atoms with E-state index in [9.17, 15) is 4.79 Å². The Morgan fingerprint density at radius 3 is 2.32 bits per heavy atom. The Labute approximate surface area is 172 Å². The Kier molecular flexibility index (Phi) is 7.21. The molecule has 1 aromatic carbocycles. The Morgan fingerprint density at radius 1 is 1.07 bits per heavy atom. The molecule has 2 aromatic rings. The average molecular weight is 401 g/mol. The highest BCUT2D eigenvalue weighted by Gasteiger charge is 2.20. The average Bonchev–Trinajstić information content (AvgIpc) is 3.11. The second-order valence-electron chi connectivity index (χ2n) is 8.18. The maximum atomic E-state index is 11.9. The summed E-state index contributed by atoms with van der Waals surface area (Å²) < 4.78 is 0. The molecule has 6 heteroatoms. The van der Waals surface area contributed by atoms with Crippen molar-refractivity contribution in [1.82, 2.24) is 20.1 Å². The van der Waals surface area contributed by atoms with Gasteiger partial charge in [-0.05, 0) is 25.3 Å². The molecular weight excluding hydrogens is 368 g/mol. The van der Waals surface area contributed by atoms with E-state index in [-0.39, 0.29) is 11.9 Å². The number of nitrogens with zero attached hydrogens (tertiary/aromatic N) is 3. The van der Waals surface area contributed by atoms with Gasteiger partial charge in [0, 0.05) is 55.4 Å². The molecule has 1 N–H and O–H groups in total. The van der Waals surface area contributed by atoms with Crippen molar-refractivity contribution >= 4 is 17.2 Å². The second-order valence-corrected chi connectivity index (χ2v) is 9.30. The molecular formula is C22H32N4OS. The summed E-state index contributed by atoms with van der Waals surface area (Å²) in [5.41, 5.74) is 2.56. The minimum absolute atomic E-state index is 0.124. The van der Waals surface area contributed by atoms with Crippen LogP contribution >= 0.6 is 11.3 Å². The van der Waals surface area contributed by atoms with Crippen molar-refractivity contribution in [2.45, 2.75) is 46.2 Å². The van der Waals surface area contributed by atoms with Crippen LogP contribution in [0.1, 0.15) is 44.1 Å². The molecule has 0 bridgehead atoms. The van der Waals surface area contributed by atoms with Crippen molar-refractivity contribution in [2.24, 2.45) is 0 Å². The molecule has 0 spiro atoms. The Balaban J connectivity index is 1.49. The highest BCUT2D eigenvalue weighted by atomic mass is 32.1. The lowest BCUT2D eigenvalue weighted by Crippen LogP contribution is -2.49. The predicted octanol–water partition coefficient (Wildman–Crippen LogP) is 3.58. The van der Waals surface area contributed by atoms with Gasteiger partial charge in [0.15, 0.2) is 0 Å². The fourth-order valence-corrected chi connectivity index (χ4v) is 4.38. The lowest BCUT2D eigenvalue weighted by molar-refractivity contribution is -0.123. The van der Waals surface area contributed by atoms with Crippen molar-refractivity contribution < 1.29 is 4.79 Å². The van der Waals surface area contributed by atoms with E-state index in [1.165, 1.54) is 16.0 Å². The van der Waals surface area contributed by atoms with Gasteiger partial charge in [0.1, 0.15) is 5.01 Å². The molecule has 1 aliphatic heterocycles. The normalized spacial score (nSPS) is 16.1. The first-order chi connectivity index (χ1) is 13.4. The number of piperazine rings is 1. The molecule has 1 saturated heterocycles. The lowest BCUT2D eigenvalue weighted by Gasteiger charge is -2.34. The van der Waals surface area contributed by atoms with Crippen molar-refractivity contribution in [3.8, 4) is 10.6 Å². The van der Waals surface area contributed by atoms with E-state index in [1.54, 1.807) is 11.3 Å². The molecule has 0 unspecified atom stereocenters. The van der Waals surface area contributed by atoms with E-state index in [0.29, 0.717) is 12.5 Å². The van der Waals surface area contributed by atoms with Gasteiger partial charge in [-0.2, -0.15) is 0 Å². The zero-order chi connectivity index (χ0) is 20.1. The maximum absolute atomic E-state index is 11.9. The molecule has 152 valence electrons. The van der Waals surface area contributed by atoms with Crippen LogP contribution in [0.4, 0.5) is 0 Å². The smallest absolute Gasteiger partial charge is 0.234 e. The van der Waals surface area contributed by atoms with E-state index in [1.807, 2.05) is 20.0 Å². The standard InChI is InChI=1S/C22H32N4OS/c1-16(2)18-5-7-19(8-6-18)22-23-13-20(28-22)14-25-9-11-26(12-10-25)15-21(27)24-17(3)4/h5-8,13,16-17H,9-12,14-15H2,1-4H3,(H,24,27). The fraction of sp³-hybridized carbons (Fsp3) is 0.545. The van der Waals surface area contributed by atoms with Gasteiger partial charge in [0.25, 0.3) is 0 Å². The SMILES string of the molecule is CC(C)NC(=O)CN1CCN(Cc2cnc(-c3ccc(C(C)C)cc3)s2)CC1. The highest BCUT2D eigenvalue weighted by molar-refractivity contribution is 7.15. The lowest BCUT2D eigenvalue weighted by atomic mass is 10.0. The second kappa shape index (κ2) is 9.63. The Bertz CT molecular complexity index is 761. The molecule has 0 saturated carbocycles. The van der Waals surface area contributed by atoms with Crippen LogP contribution in [0, 0.1) is 0 Å². The molecule has 2 heterocycles. The molecule has 0 aliphatic carbocycles. The largest absolute Gasteiger partial charge is 0.353 e. The third-order valence-electron chi connectivity index (χ3n) is 5.04. The minimum atomic E-state index is 0.124. The van der Waals surface area contributed by atoms with Crippen LogP contribution in [0.25, 0.3) is 10.6 Å². The first-order valence-corrected chi connectivity index (χ1v) is 11.0. The van der Waals surface area contributed by atoms with Crippen LogP contribution in [-0.4, -0.2) is 59.5 Å². The summed E-state index contributed by atoms with van der Waals surface area (Å²) >= 11 is 1.78. The van der Waals surface area contributed by atoms with Gasteiger partial charge in [0.05, 0.1) is 6.54 Å². The van der Waals surface area contributed by atoms with Crippen LogP contribution < -0.4 is 5.32 Å². The number of hydrogen-bond acceptors (Lipinski definition) is 5. The number of aromatic nitrogens is 1. The van der Waals surface area contributed by atoms with Crippen molar-refractivity contribution in [2.75, 3.05) is 32.7 Å². The van der Waals surface area contributed by atoms with Crippen LogP contribution in [-0.2, 0) is 11.3 Å². The number of thiazole rings is 1. The highest BCUT2D eigenvalue weighted by Crippen LogP contribution is 2.27. The van der Waals surface area contributed by atoms with E-state index in [2.05, 4.69) is 58.2 Å². The van der Waals surface area contributed by atoms with Gasteiger partial charge in [-0.25, -0.2) is 4.98 Å². The maximum Gasteiger partial charge on any atom is 0.234 e. The third kappa shape index (κ3) is 5.87. The Morgan fingerprint density at radius 2 is 1.71 bits per heavy atom. The summed E-state index contributed by atoms with van der Waals surface area (Å²) in [6.45, 7) is 13.7. The summed E-state index contributed by atoms with van der Waals surface area (Å²) in [5.74, 6) is 0.676. The van der Waals surface area contributed by atoms with Crippen molar-refractivity contribution in [3.63, 3.8) is 0 Å². The van der Waals surface area contributed by atoms with E-state index in [4.69, 9.17) is 0 Å². The first kappa shape index (κ1) is 21.0. The third-order valence-corrected chi connectivity index (χ3v) is 6.07. The van der Waals surface area contributed by atoms with Gasteiger partial charge in [-0.15, -0.1) is 11.3 Å². The van der Waals surface area contributed by atoms with Crippen LogP contribution in [0.15, 0.2) is 30.5 Å². The molecule has 5 nitrogen and oxygen atoms in total. The quantitative estimate of drug-likeness (QED) is 0.772. The zero-order valence-electron chi connectivity index (χ0n) is 17.4. The number of nitrogens with one attached hydrogen (secondary N) is 1. The zero-order valence-corrected chi connectivity index (χ0v) is 18.3. The molecule has 3 rings (SSSR count). The van der Waals surface area contributed by atoms with Crippen LogP contribution in [0.2, 0.25) is 0 Å². The summed E-state index contributed by atoms with van der Waals surface area (Å²) in [6.07, 6.45) is 2.01. The fourth-order valence-electron chi connectivity index (χ4n) is 3.42. The molecule has 1 aliphatic rings. The van der Waals surface area contributed by atoms with Crippen LogP contribution in [0.5, 0.6) is 0 Å². The topological polar surface area (TPSA) is 48.5 Å². The van der Waals surface area contributed by atoms with Crippen molar-refractivity contribution in [3.05, 3.63) is 40.9 Å². The van der Waals surface area contributed by atoms with Gasteiger partial charge in [0.2, 0.25) is 5.91 Å². The van der Waals surface area contributed by atoms with Gasteiger partial charge in [-0.3, -0.25) is 14.6 Å². The summed E-state index contributed by atoms with van der Waals surface area (Å²) in [7, 11) is 0. The number of rotatable bonds is 7. The summed E-state index contributed by atoms with van der Waals surface area (Å²) in [5, 5.41) is 4.06. The molecule has 28 heavy (non-hydrogen) atoms. The van der Waals surface area contributed by atoms with Gasteiger partial charge < -0.3 is 5.32 Å². The molecule has 0 radical (unpaired) electrons. The monoisotopic (exact) mass is 400 g/mol.